The molecule has 0 fully saturated rings. The van der Waals surface area contributed by atoms with Crippen molar-refractivity contribution >= 4 is 21.6 Å². The fourth-order valence-corrected chi connectivity index (χ4v) is 1.44. The summed E-state index contributed by atoms with van der Waals surface area (Å²) in [5.74, 6) is -2.01. The normalized spacial score (nSPS) is 19.7. The maximum Gasteiger partial charge on any atom is 0.308 e. The lowest BCUT2D eigenvalue weighted by atomic mass is 9.94. The zero-order valence-corrected chi connectivity index (χ0v) is 9.57. The minimum Gasteiger partial charge on any atom is -0.481 e. The number of aliphatic hydroxyl groups excluding tert-OH is 1. The molecule has 0 aromatic carbocycles. The van der Waals surface area contributed by atoms with Gasteiger partial charge in [0.1, 0.15) is 7.57 Å². The Hall–Kier alpha value is -0.115. The minimum atomic E-state index is -1.00. The fraction of sp³-hybridized carbons (Fsp3) is 0.875. The molecule has 0 bridgehead atoms. The van der Waals surface area contributed by atoms with Crippen molar-refractivity contribution in [3.63, 3.8) is 0 Å². The molecule has 6 heteroatoms. The fourth-order valence-electron chi connectivity index (χ4n) is 0.973. The molecule has 0 saturated heterocycles. The van der Waals surface area contributed by atoms with Gasteiger partial charge in [0.15, 0.2) is 0 Å². The summed E-state index contributed by atoms with van der Waals surface area (Å²) >= 11 is 0. The van der Waals surface area contributed by atoms with Crippen molar-refractivity contribution < 1.29 is 19.5 Å². The average molecular weight is 218 g/mol. The monoisotopic (exact) mass is 218 g/mol. The van der Waals surface area contributed by atoms with E-state index in [-0.39, 0.29) is 12.5 Å². The van der Waals surface area contributed by atoms with Crippen LogP contribution in [0.1, 0.15) is 13.8 Å². The largest absolute Gasteiger partial charge is 0.481 e. The third-order valence-corrected chi connectivity index (χ3v) is 2.58. The lowest BCUT2D eigenvalue weighted by Gasteiger charge is -2.22. The molecule has 80 valence electrons. The number of hydrogen-bond donors (Lipinski definition) is 2. The SMILES string of the molecule is [B]P(C)OC[C@H](C)[C@H](O)[C@@H](C)C(=O)O. The van der Waals surface area contributed by atoms with Crippen LogP contribution in [0.4, 0.5) is 0 Å². The highest BCUT2D eigenvalue weighted by atomic mass is 31.1. The van der Waals surface area contributed by atoms with Crippen LogP contribution in [-0.4, -0.2) is 43.1 Å². The van der Waals surface area contributed by atoms with Crippen LogP contribution in [0, 0.1) is 11.8 Å². The van der Waals surface area contributed by atoms with Crippen LogP contribution in [-0.2, 0) is 9.32 Å². The molecule has 1 unspecified atom stereocenters. The summed E-state index contributed by atoms with van der Waals surface area (Å²) < 4.78 is 5.14. The third kappa shape index (κ3) is 4.94. The summed E-state index contributed by atoms with van der Waals surface area (Å²) in [4.78, 5) is 10.6. The van der Waals surface area contributed by atoms with E-state index in [1.165, 1.54) is 6.92 Å². The number of aliphatic carboxylic acids is 1. The van der Waals surface area contributed by atoms with E-state index in [0.717, 1.165) is 0 Å². The Morgan fingerprint density at radius 2 is 2.07 bits per heavy atom. The van der Waals surface area contributed by atoms with Crippen molar-refractivity contribution in [3.05, 3.63) is 0 Å². The van der Waals surface area contributed by atoms with Crippen molar-refractivity contribution in [2.75, 3.05) is 13.3 Å². The average Bonchev–Trinajstić information content (AvgIpc) is 2.11. The van der Waals surface area contributed by atoms with Crippen molar-refractivity contribution in [3.8, 4) is 0 Å². The van der Waals surface area contributed by atoms with Gasteiger partial charge in [0.05, 0.1) is 18.6 Å². The lowest BCUT2D eigenvalue weighted by molar-refractivity contribution is -0.146. The molecular formula is C8H16BO4P. The van der Waals surface area contributed by atoms with E-state index in [0.29, 0.717) is 0 Å². The highest BCUT2D eigenvalue weighted by Crippen LogP contribution is 2.26. The molecule has 2 radical (unpaired) electrons. The Morgan fingerprint density at radius 3 is 2.43 bits per heavy atom. The molecule has 0 aromatic rings. The van der Waals surface area contributed by atoms with Gasteiger partial charge in [0.25, 0.3) is 0 Å². The van der Waals surface area contributed by atoms with Crippen LogP contribution >= 0.6 is 8.03 Å². The third-order valence-electron chi connectivity index (χ3n) is 2.03. The van der Waals surface area contributed by atoms with Gasteiger partial charge >= 0.3 is 5.97 Å². The topological polar surface area (TPSA) is 66.8 Å². The number of rotatable bonds is 6. The van der Waals surface area contributed by atoms with Gasteiger partial charge in [-0.25, -0.2) is 0 Å². The molecule has 2 N–H and O–H groups in total. The van der Waals surface area contributed by atoms with Gasteiger partial charge in [0, 0.05) is 5.92 Å². The first-order valence-corrected chi connectivity index (χ1v) is 6.16. The van der Waals surface area contributed by atoms with Gasteiger partial charge in [-0.2, -0.15) is 0 Å². The molecule has 0 aliphatic heterocycles. The van der Waals surface area contributed by atoms with Gasteiger partial charge in [-0.05, 0) is 21.6 Å². The van der Waals surface area contributed by atoms with E-state index < -0.39 is 26.0 Å². The Labute approximate surface area is 86.9 Å². The summed E-state index contributed by atoms with van der Waals surface area (Å²) in [6.07, 6.45) is -0.901. The first kappa shape index (κ1) is 13.9. The smallest absolute Gasteiger partial charge is 0.308 e. The molecule has 4 atom stereocenters. The molecule has 0 saturated carbocycles. The number of carbonyl (C=O) groups is 1. The van der Waals surface area contributed by atoms with Gasteiger partial charge in [-0.3, -0.25) is 4.79 Å². The Morgan fingerprint density at radius 1 is 1.57 bits per heavy atom. The maximum absolute atomic E-state index is 10.6. The van der Waals surface area contributed by atoms with Gasteiger partial charge < -0.3 is 14.7 Å². The molecule has 0 amide bonds. The van der Waals surface area contributed by atoms with Gasteiger partial charge in [-0.1, -0.05) is 6.92 Å². The van der Waals surface area contributed by atoms with Crippen LogP contribution in [0.2, 0.25) is 0 Å². The minimum absolute atomic E-state index is 0.227. The molecule has 14 heavy (non-hydrogen) atoms. The van der Waals surface area contributed by atoms with E-state index >= 15 is 0 Å². The number of hydrogen-bond acceptors (Lipinski definition) is 3. The van der Waals surface area contributed by atoms with E-state index in [4.69, 9.17) is 17.2 Å². The number of carboxylic acid groups (broad SMARTS) is 1. The maximum atomic E-state index is 10.6. The van der Waals surface area contributed by atoms with Gasteiger partial charge in [-0.15, -0.1) is 0 Å². The first-order valence-electron chi connectivity index (χ1n) is 4.38. The van der Waals surface area contributed by atoms with Gasteiger partial charge in [0.2, 0.25) is 0 Å². The van der Waals surface area contributed by atoms with Crippen molar-refractivity contribution in [2.24, 2.45) is 11.8 Å². The van der Waals surface area contributed by atoms with E-state index in [1.54, 1.807) is 13.6 Å². The summed E-state index contributed by atoms with van der Waals surface area (Å²) in [5.41, 5.74) is 0. The summed E-state index contributed by atoms with van der Waals surface area (Å²) in [7, 11) is 4.47. The van der Waals surface area contributed by atoms with Crippen LogP contribution < -0.4 is 0 Å². The van der Waals surface area contributed by atoms with E-state index in [2.05, 4.69) is 0 Å². The number of carboxylic acids is 1. The molecule has 4 nitrogen and oxygen atoms in total. The van der Waals surface area contributed by atoms with Crippen LogP contribution in [0.25, 0.3) is 0 Å². The summed E-state index contributed by atoms with van der Waals surface area (Å²) in [6, 6.07) is 0. The molecular weight excluding hydrogens is 202 g/mol. The van der Waals surface area contributed by atoms with Crippen molar-refractivity contribution in [1.29, 1.82) is 0 Å². The second-order valence-electron chi connectivity index (χ2n) is 3.44. The molecule has 0 aliphatic carbocycles. The summed E-state index contributed by atoms with van der Waals surface area (Å²) in [5, 5.41) is 18.2. The molecule has 0 rings (SSSR count). The second kappa shape index (κ2) is 6.38. The predicted molar refractivity (Wildman–Crippen MR) is 56.5 cm³/mol. The van der Waals surface area contributed by atoms with E-state index in [1.807, 2.05) is 0 Å². The van der Waals surface area contributed by atoms with Crippen LogP contribution in [0.5, 0.6) is 0 Å². The predicted octanol–water partition coefficient (Wildman–Crippen LogP) is 0.831. The quantitative estimate of drug-likeness (QED) is 0.511. The Balaban J connectivity index is 3.98. The van der Waals surface area contributed by atoms with Crippen molar-refractivity contribution in [2.45, 2.75) is 20.0 Å². The van der Waals surface area contributed by atoms with E-state index in [9.17, 15) is 9.90 Å². The standard InChI is InChI=1S/C8H16BO4P/c1-5(4-13-14(3)9)7(10)6(2)8(11)12/h5-7,10H,4H2,1-3H3,(H,11,12)/t5-,6+,7-,14?/m0/s1. The van der Waals surface area contributed by atoms with Crippen LogP contribution in [0.15, 0.2) is 0 Å². The zero-order valence-electron chi connectivity index (χ0n) is 8.67. The molecule has 0 spiro atoms. The summed E-state index contributed by atoms with van der Waals surface area (Å²) in [6.45, 7) is 5.25. The number of aliphatic hydroxyl groups is 1. The second-order valence-corrected chi connectivity index (χ2v) is 4.79. The van der Waals surface area contributed by atoms with Crippen LogP contribution in [0.3, 0.4) is 0 Å². The Bertz CT molecular complexity index is 188. The lowest BCUT2D eigenvalue weighted by Crippen LogP contribution is -2.33. The van der Waals surface area contributed by atoms with Crippen molar-refractivity contribution in [1.82, 2.24) is 0 Å². The molecule has 0 heterocycles. The first-order chi connectivity index (χ1) is 6.36. The highest BCUT2D eigenvalue weighted by molar-refractivity contribution is 7.77. The zero-order chi connectivity index (χ0) is 11.3. The molecule has 0 aromatic heterocycles. The Kier molecular flexibility index (Phi) is 6.33. The molecule has 0 aliphatic rings. The highest BCUT2D eigenvalue weighted by Gasteiger charge is 2.26.